The van der Waals surface area contributed by atoms with Crippen molar-refractivity contribution in [3.05, 3.63) is 70.4 Å². The maximum atomic E-state index is 12.1. The Morgan fingerprint density at radius 3 is 2.71 bits per heavy atom. The Balaban J connectivity index is 1.77. The zero-order valence-corrected chi connectivity index (χ0v) is 12.7. The smallest absolute Gasteiger partial charge is 0.225 e. The molecule has 1 amide bonds. The first-order valence-electron chi connectivity index (χ1n) is 7.03. The summed E-state index contributed by atoms with van der Waals surface area (Å²) in [7, 11) is 0. The van der Waals surface area contributed by atoms with E-state index in [1.54, 1.807) is 11.3 Å². The van der Waals surface area contributed by atoms with Crippen molar-refractivity contribution in [3.63, 3.8) is 0 Å². The van der Waals surface area contributed by atoms with Crippen LogP contribution < -0.4 is 5.32 Å². The molecule has 0 unspecified atom stereocenters. The number of fused-ring (bicyclic) bond motifs is 1. The molecule has 1 aromatic heterocycles. The van der Waals surface area contributed by atoms with E-state index in [2.05, 4.69) is 29.6 Å². The molecule has 3 heteroatoms. The molecule has 3 aromatic rings. The normalized spacial score (nSPS) is 12.2. The molecule has 0 aliphatic rings. The third-order valence-corrected chi connectivity index (χ3v) is 4.46. The number of benzene rings is 2. The van der Waals surface area contributed by atoms with Crippen molar-refractivity contribution < 1.29 is 4.79 Å². The highest BCUT2D eigenvalue weighted by Crippen LogP contribution is 2.24. The van der Waals surface area contributed by atoms with E-state index in [4.69, 9.17) is 0 Å². The number of thiophene rings is 1. The summed E-state index contributed by atoms with van der Waals surface area (Å²) >= 11 is 1.62. The summed E-state index contributed by atoms with van der Waals surface area (Å²) in [5.41, 5.74) is 1.16. The minimum absolute atomic E-state index is 0.00330. The predicted octanol–water partition coefficient (Wildman–Crippen LogP) is 4.32. The first-order chi connectivity index (χ1) is 10.2. The molecule has 0 fully saturated rings. The van der Waals surface area contributed by atoms with E-state index in [0.29, 0.717) is 6.42 Å². The maximum Gasteiger partial charge on any atom is 0.225 e. The van der Waals surface area contributed by atoms with Crippen molar-refractivity contribution in [2.75, 3.05) is 0 Å². The molecular formula is C18H17NOS. The summed E-state index contributed by atoms with van der Waals surface area (Å²) in [6, 6.07) is 18.5. The van der Waals surface area contributed by atoms with Crippen LogP contribution in [0.4, 0.5) is 0 Å². The summed E-state index contributed by atoms with van der Waals surface area (Å²) in [5, 5.41) is 7.49. The number of amides is 1. The highest BCUT2D eigenvalue weighted by atomic mass is 32.1. The Bertz CT molecular complexity index is 744. The molecule has 0 saturated heterocycles. The molecule has 0 saturated carbocycles. The van der Waals surface area contributed by atoms with E-state index in [0.717, 1.165) is 10.4 Å². The van der Waals surface area contributed by atoms with Crippen molar-refractivity contribution in [2.24, 2.45) is 0 Å². The lowest BCUT2D eigenvalue weighted by atomic mass is 9.99. The van der Waals surface area contributed by atoms with Crippen molar-refractivity contribution in [2.45, 2.75) is 19.4 Å². The van der Waals surface area contributed by atoms with E-state index < -0.39 is 0 Å². The topological polar surface area (TPSA) is 29.1 Å². The maximum absolute atomic E-state index is 12.1. The lowest BCUT2D eigenvalue weighted by molar-refractivity contribution is -0.121. The summed E-state index contributed by atoms with van der Waals surface area (Å²) < 4.78 is 0. The van der Waals surface area contributed by atoms with Gasteiger partial charge in [-0.05, 0) is 34.7 Å². The second-order valence-electron chi connectivity index (χ2n) is 5.11. The molecule has 1 heterocycles. The number of hydrogen-bond donors (Lipinski definition) is 1. The van der Waals surface area contributed by atoms with Crippen LogP contribution in [0, 0.1) is 0 Å². The molecule has 0 spiro atoms. The highest BCUT2D eigenvalue weighted by Gasteiger charge is 2.12. The van der Waals surface area contributed by atoms with Crippen molar-refractivity contribution >= 4 is 28.0 Å². The van der Waals surface area contributed by atoms with Gasteiger partial charge in [0.2, 0.25) is 5.91 Å². The van der Waals surface area contributed by atoms with Gasteiger partial charge < -0.3 is 5.32 Å². The molecule has 21 heavy (non-hydrogen) atoms. The molecule has 0 radical (unpaired) electrons. The lowest BCUT2D eigenvalue weighted by Crippen LogP contribution is -2.27. The second-order valence-corrected chi connectivity index (χ2v) is 6.15. The second kappa shape index (κ2) is 6.10. The van der Waals surface area contributed by atoms with E-state index in [-0.39, 0.29) is 11.9 Å². The van der Waals surface area contributed by atoms with Gasteiger partial charge >= 0.3 is 0 Å². The van der Waals surface area contributed by atoms with Gasteiger partial charge in [-0.25, -0.2) is 0 Å². The summed E-state index contributed by atoms with van der Waals surface area (Å²) in [5.74, 6) is 0.0675. The van der Waals surface area contributed by atoms with Crippen LogP contribution in [0.3, 0.4) is 0 Å². The van der Waals surface area contributed by atoms with E-state index in [9.17, 15) is 4.79 Å². The number of hydrogen-bond acceptors (Lipinski definition) is 2. The SMILES string of the molecule is C[C@H](NC(=O)Cc1cccs1)c1cccc2ccccc12. The molecule has 2 nitrogen and oxygen atoms in total. The third-order valence-electron chi connectivity index (χ3n) is 3.58. The first kappa shape index (κ1) is 13.8. The van der Waals surface area contributed by atoms with Gasteiger partial charge in [-0.3, -0.25) is 4.79 Å². The summed E-state index contributed by atoms with van der Waals surface area (Å²) in [4.78, 5) is 13.2. The number of rotatable bonds is 4. The fraction of sp³-hybridized carbons (Fsp3) is 0.167. The van der Waals surface area contributed by atoms with Crippen LogP contribution in [0.25, 0.3) is 10.8 Å². The van der Waals surface area contributed by atoms with Crippen molar-refractivity contribution in [1.29, 1.82) is 0 Å². The monoisotopic (exact) mass is 295 g/mol. The highest BCUT2D eigenvalue weighted by molar-refractivity contribution is 7.10. The van der Waals surface area contributed by atoms with Crippen LogP contribution in [0.1, 0.15) is 23.4 Å². The number of carbonyl (C=O) groups is 1. The quantitative estimate of drug-likeness (QED) is 0.763. The molecule has 0 bridgehead atoms. The number of carbonyl (C=O) groups excluding carboxylic acids is 1. The Morgan fingerprint density at radius 1 is 1.10 bits per heavy atom. The van der Waals surface area contributed by atoms with Gasteiger partial charge in [0.1, 0.15) is 0 Å². The van der Waals surface area contributed by atoms with Gasteiger partial charge in [0.15, 0.2) is 0 Å². The van der Waals surface area contributed by atoms with Gasteiger partial charge in [0, 0.05) is 4.88 Å². The fourth-order valence-electron chi connectivity index (χ4n) is 2.57. The Morgan fingerprint density at radius 2 is 1.90 bits per heavy atom. The molecule has 1 N–H and O–H groups in total. The van der Waals surface area contributed by atoms with Crippen LogP contribution >= 0.6 is 11.3 Å². The van der Waals surface area contributed by atoms with E-state index in [1.165, 1.54) is 10.8 Å². The minimum atomic E-state index is 0.00330. The molecule has 3 rings (SSSR count). The standard InChI is InChI=1S/C18H17NOS/c1-13(19-18(20)12-15-8-5-11-21-15)16-10-4-7-14-6-2-3-9-17(14)16/h2-11,13H,12H2,1H3,(H,19,20)/t13-/m0/s1. The van der Waals surface area contributed by atoms with Gasteiger partial charge in [0.25, 0.3) is 0 Å². The molecule has 1 atom stereocenters. The fourth-order valence-corrected chi connectivity index (χ4v) is 3.27. The zero-order valence-electron chi connectivity index (χ0n) is 11.9. The van der Waals surface area contributed by atoms with Gasteiger partial charge in [-0.15, -0.1) is 11.3 Å². The van der Waals surface area contributed by atoms with Crippen LogP contribution in [0.5, 0.6) is 0 Å². The van der Waals surface area contributed by atoms with Crippen LogP contribution in [-0.4, -0.2) is 5.91 Å². The average molecular weight is 295 g/mol. The van der Waals surface area contributed by atoms with Crippen molar-refractivity contribution in [1.82, 2.24) is 5.32 Å². The molecule has 106 valence electrons. The number of nitrogens with one attached hydrogen (secondary N) is 1. The van der Waals surface area contributed by atoms with Crippen molar-refractivity contribution in [3.8, 4) is 0 Å². The Labute approximate surface area is 128 Å². The summed E-state index contributed by atoms with van der Waals surface area (Å²) in [6.45, 7) is 2.04. The predicted molar refractivity (Wildman–Crippen MR) is 88.5 cm³/mol. The van der Waals surface area contributed by atoms with Gasteiger partial charge in [-0.1, -0.05) is 48.5 Å². The Kier molecular flexibility index (Phi) is 4.02. The van der Waals surface area contributed by atoms with Crippen LogP contribution in [0.15, 0.2) is 60.0 Å². The minimum Gasteiger partial charge on any atom is -0.349 e. The van der Waals surface area contributed by atoms with Crippen LogP contribution in [0.2, 0.25) is 0 Å². The Hall–Kier alpha value is -2.13. The molecule has 0 aliphatic carbocycles. The lowest BCUT2D eigenvalue weighted by Gasteiger charge is -2.16. The summed E-state index contributed by atoms with van der Waals surface area (Å²) in [6.07, 6.45) is 0.451. The third kappa shape index (κ3) is 3.14. The zero-order chi connectivity index (χ0) is 14.7. The molecular weight excluding hydrogens is 278 g/mol. The van der Waals surface area contributed by atoms with Crippen LogP contribution in [-0.2, 0) is 11.2 Å². The molecule has 2 aromatic carbocycles. The first-order valence-corrected chi connectivity index (χ1v) is 7.91. The largest absolute Gasteiger partial charge is 0.349 e. The van der Waals surface area contributed by atoms with Gasteiger partial charge in [0.05, 0.1) is 12.5 Å². The van der Waals surface area contributed by atoms with Gasteiger partial charge in [-0.2, -0.15) is 0 Å². The average Bonchev–Trinajstić information content (AvgIpc) is 2.99. The van der Waals surface area contributed by atoms with E-state index in [1.807, 2.05) is 42.6 Å². The van der Waals surface area contributed by atoms with E-state index >= 15 is 0 Å². The molecule has 0 aliphatic heterocycles.